The van der Waals surface area contributed by atoms with Crippen LogP contribution in [0.5, 0.6) is 0 Å². The van der Waals surface area contributed by atoms with E-state index in [4.69, 9.17) is 19.4 Å². The SMILES string of the molecule is c1ccc(-c2nc(-c3ccc(-c4ccc5ccccc5c4)cc3)nc(-c3cccc4oc5cc(N(c6ccccc6)c6ccccc6)ccc5c34)n2)cc1. The zero-order valence-corrected chi connectivity index (χ0v) is 29.2. The average Bonchev–Trinajstić information content (AvgIpc) is 3.63. The van der Waals surface area contributed by atoms with Crippen molar-refractivity contribution in [2.45, 2.75) is 0 Å². The molecule has 0 fully saturated rings. The summed E-state index contributed by atoms with van der Waals surface area (Å²) in [6.45, 7) is 0. The molecule has 0 aliphatic rings. The predicted molar refractivity (Wildman–Crippen MR) is 221 cm³/mol. The third-order valence-electron chi connectivity index (χ3n) is 9.90. The molecule has 0 unspecified atom stereocenters. The van der Waals surface area contributed by atoms with E-state index in [1.807, 2.05) is 54.6 Å². The average molecular weight is 693 g/mol. The van der Waals surface area contributed by atoms with Crippen LogP contribution in [0.15, 0.2) is 199 Å². The Hall–Kier alpha value is -7.37. The highest BCUT2D eigenvalue weighted by Crippen LogP contribution is 2.41. The van der Waals surface area contributed by atoms with Gasteiger partial charge in [-0.15, -0.1) is 0 Å². The Bertz CT molecular complexity index is 2880. The molecule has 0 saturated heterocycles. The molecule has 2 aromatic heterocycles. The summed E-state index contributed by atoms with van der Waals surface area (Å²) in [6.07, 6.45) is 0. The summed E-state index contributed by atoms with van der Waals surface area (Å²) in [5.74, 6) is 1.81. The smallest absolute Gasteiger partial charge is 0.164 e. The number of nitrogens with zero attached hydrogens (tertiary/aromatic N) is 4. The molecule has 5 nitrogen and oxygen atoms in total. The molecule has 0 radical (unpaired) electrons. The summed E-state index contributed by atoms with van der Waals surface area (Å²) in [5.41, 5.74) is 9.71. The van der Waals surface area contributed by atoms with Crippen molar-refractivity contribution in [2.75, 3.05) is 4.90 Å². The number of para-hydroxylation sites is 2. The van der Waals surface area contributed by atoms with Crippen molar-refractivity contribution in [3.8, 4) is 45.3 Å². The molecule has 2 heterocycles. The summed E-state index contributed by atoms with van der Waals surface area (Å²) in [7, 11) is 0. The minimum Gasteiger partial charge on any atom is -0.456 e. The number of aromatic nitrogens is 3. The van der Waals surface area contributed by atoms with Gasteiger partial charge < -0.3 is 9.32 Å². The molecule has 0 spiro atoms. The molecule has 10 aromatic rings. The Morgan fingerprint density at radius 2 is 0.926 bits per heavy atom. The first-order valence-corrected chi connectivity index (χ1v) is 18.0. The van der Waals surface area contributed by atoms with Gasteiger partial charge in [-0.1, -0.05) is 140 Å². The monoisotopic (exact) mass is 692 g/mol. The highest BCUT2D eigenvalue weighted by Gasteiger charge is 2.20. The van der Waals surface area contributed by atoms with Crippen molar-refractivity contribution in [3.05, 3.63) is 194 Å². The van der Waals surface area contributed by atoms with Gasteiger partial charge in [0.2, 0.25) is 0 Å². The maximum absolute atomic E-state index is 6.59. The van der Waals surface area contributed by atoms with Gasteiger partial charge in [-0.2, -0.15) is 0 Å². The van der Waals surface area contributed by atoms with Gasteiger partial charge in [-0.05, 0) is 70.4 Å². The van der Waals surface area contributed by atoms with Crippen LogP contribution < -0.4 is 4.90 Å². The number of hydrogen-bond acceptors (Lipinski definition) is 5. The molecule has 0 bridgehead atoms. The predicted octanol–water partition coefficient (Wildman–Crippen LogP) is 13.1. The lowest BCUT2D eigenvalue weighted by Gasteiger charge is -2.25. The largest absolute Gasteiger partial charge is 0.456 e. The van der Waals surface area contributed by atoms with Crippen LogP contribution in [-0.2, 0) is 0 Å². The number of benzene rings is 8. The third kappa shape index (κ3) is 5.74. The topological polar surface area (TPSA) is 55.1 Å². The zero-order valence-electron chi connectivity index (χ0n) is 29.2. The number of rotatable bonds is 7. The second kappa shape index (κ2) is 13.3. The first kappa shape index (κ1) is 31.4. The highest BCUT2D eigenvalue weighted by atomic mass is 16.3. The van der Waals surface area contributed by atoms with Gasteiger partial charge in [-0.3, -0.25) is 0 Å². The lowest BCUT2D eigenvalue weighted by molar-refractivity contribution is 0.669. The number of anilines is 3. The van der Waals surface area contributed by atoms with E-state index < -0.39 is 0 Å². The maximum Gasteiger partial charge on any atom is 0.164 e. The molecule has 10 rings (SSSR count). The quantitative estimate of drug-likeness (QED) is 0.166. The molecule has 0 aliphatic heterocycles. The summed E-state index contributed by atoms with van der Waals surface area (Å²) < 4.78 is 6.59. The van der Waals surface area contributed by atoms with Gasteiger partial charge in [0.15, 0.2) is 17.5 Å². The number of hydrogen-bond donors (Lipinski definition) is 0. The molecular formula is C49H32N4O. The van der Waals surface area contributed by atoms with Gasteiger partial charge >= 0.3 is 0 Å². The van der Waals surface area contributed by atoms with Gasteiger partial charge in [0.25, 0.3) is 0 Å². The molecular weight excluding hydrogens is 661 g/mol. The Kier molecular flexibility index (Phi) is 7.73. The van der Waals surface area contributed by atoms with E-state index in [9.17, 15) is 0 Å². The molecule has 54 heavy (non-hydrogen) atoms. The first-order valence-electron chi connectivity index (χ1n) is 18.0. The minimum absolute atomic E-state index is 0.588. The van der Waals surface area contributed by atoms with Crippen LogP contribution in [-0.4, -0.2) is 15.0 Å². The summed E-state index contributed by atoms with van der Waals surface area (Å²) in [6, 6.07) is 66.9. The molecule has 0 N–H and O–H groups in total. The molecule has 8 aromatic carbocycles. The fraction of sp³-hybridized carbons (Fsp3) is 0. The van der Waals surface area contributed by atoms with Crippen LogP contribution in [0.1, 0.15) is 0 Å². The van der Waals surface area contributed by atoms with Crippen LogP contribution in [0.3, 0.4) is 0 Å². The van der Waals surface area contributed by atoms with E-state index in [0.29, 0.717) is 17.5 Å². The van der Waals surface area contributed by atoms with Crippen LogP contribution in [0.2, 0.25) is 0 Å². The molecule has 5 heteroatoms. The van der Waals surface area contributed by atoms with E-state index in [-0.39, 0.29) is 0 Å². The number of furan rings is 1. The standard InChI is InChI=1S/C49H32N4O/c1-4-14-35(15-5-1)47-50-48(36-26-23-34(24-27-36)38-28-25-33-13-10-11-16-37(33)31-38)52-49(51-47)43-21-12-22-44-46(43)42-30-29-41(32-45(42)54-44)53(39-17-6-2-7-18-39)40-19-8-3-9-20-40/h1-32H. The van der Waals surface area contributed by atoms with Crippen LogP contribution in [0.25, 0.3) is 78.0 Å². The van der Waals surface area contributed by atoms with Crippen LogP contribution in [0.4, 0.5) is 17.1 Å². The minimum atomic E-state index is 0.588. The van der Waals surface area contributed by atoms with Crippen LogP contribution >= 0.6 is 0 Å². The van der Waals surface area contributed by atoms with Crippen molar-refractivity contribution in [1.29, 1.82) is 0 Å². The van der Waals surface area contributed by atoms with E-state index in [1.165, 1.54) is 16.3 Å². The van der Waals surface area contributed by atoms with Crippen molar-refractivity contribution in [1.82, 2.24) is 15.0 Å². The summed E-state index contributed by atoms with van der Waals surface area (Å²) >= 11 is 0. The lowest BCUT2D eigenvalue weighted by atomic mass is 10.00. The third-order valence-corrected chi connectivity index (χ3v) is 9.90. The van der Waals surface area contributed by atoms with Crippen LogP contribution in [0, 0.1) is 0 Å². The van der Waals surface area contributed by atoms with Gasteiger partial charge in [0, 0.05) is 50.6 Å². The second-order valence-electron chi connectivity index (χ2n) is 13.3. The lowest BCUT2D eigenvalue weighted by Crippen LogP contribution is -2.09. The Balaban J connectivity index is 1.09. The Morgan fingerprint density at radius 1 is 0.352 bits per heavy atom. The van der Waals surface area contributed by atoms with Crippen molar-refractivity contribution < 1.29 is 4.42 Å². The molecule has 0 saturated carbocycles. The van der Waals surface area contributed by atoms with Gasteiger partial charge in [0.1, 0.15) is 11.2 Å². The van der Waals surface area contributed by atoms with Crippen molar-refractivity contribution in [3.63, 3.8) is 0 Å². The second-order valence-corrected chi connectivity index (χ2v) is 13.3. The Labute approximate surface area is 312 Å². The fourth-order valence-corrected chi connectivity index (χ4v) is 7.26. The van der Waals surface area contributed by atoms with E-state index >= 15 is 0 Å². The molecule has 0 atom stereocenters. The van der Waals surface area contributed by atoms with E-state index in [0.717, 1.165) is 61.3 Å². The normalized spacial score (nSPS) is 11.3. The van der Waals surface area contributed by atoms with Gasteiger partial charge in [-0.25, -0.2) is 15.0 Å². The summed E-state index contributed by atoms with van der Waals surface area (Å²) in [5, 5.41) is 4.41. The van der Waals surface area contributed by atoms with E-state index in [1.54, 1.807) is 0 Å². The zero-order chi connectivity index (χ0) is 35.8. The van der Waals surface area contributed by atoms with Crippen molar-refractivity contribution in [2.24, 2.45) is 0 Å². The molecule has 0 aliphatic carbocycles. The molecule has 254 valence electrons. The first-order chi connectivity index (χ1) is 26.7. The van der Waals surface area contributed by atoms with Gasteiger partial charge in [0.05, 0.1) is 0 Å². The fourth-order valence-electron chi connectivity index (χ4n) is 7.26. The molecule has 0 amide bonds. The maximum atomic E-state index is 6.59. The Morgan fingerprint density at radius 3 is 1.63 bits per heavy atom. The van der Waals surface area contributed by atoms with E-state index in [2.05, 4.69) is 144 Å². The van der Waals surface area contributed by atoms with Crippen molar-refractivity contribution >= 4 is 49.8 Å². The number of fused-ring (bicyclic) bond motifs is 4. The highest BCUT2D eigenvalue weighted by molar-refractivity contribution is 6.12. The summed E-state index contributed by atoms with van der Waals surface area (Å²) in [4.78, 5) is 17.5.